The van der Waals surface area contributed by atoms with Crippen LogP contribution < -0.4 is 4.90 Å². The van der Waals surface area contributed by atoms with Gasteiger partial charge < -0.3 is 4.90 Å². The van der Waals surface area contributed by atoms with Crippen LogP contribution >= 0.6 is 0 Å². The molecular formula is C13H14F3N3. The number of alkyl halides is 3. The van der Waals surface area contributed by atoms with E-state index in [9.17, 15) is 13.2 Å². The van der Waals surface area contributed by atoms with Crippen LogP contribution in [0.1, 0.15) is 25.0 Å². The molecule has 0 N–H and O–H groups in total. The number of nitrogens with zero attached hydrogens (tertiary/aromatic N) is 3. The predicted molar refractivity (Wildman–Crippen MR) is 64.6 cm³/mol. The quantitative estimate of drug-likeness (QED) is 0.824. The van der Waals surface area contributed by atoms with Crippen molar-refractivity contribution in [3.05, 3.63) is 23.9 Å². The van der Waals surface area contributed by atoms with Gasteiger partial charge in [0.05, 0.1) is 6.42 Å². The SMILES string of the molecule is N#Cc1cccc(N(CCC(F)(F)F)CC2CC2)n1. The van der Waals surface area contributed by atoms with Gasteiger partial charge in [-0.2, -0.15) is 18.4 Å². The van der Waals surface area contributed by atoms with Crippen LogP contribution in [0.2, 0.25) is 0 Å². The number of rotatable bonds is 5. The van der Waals surface area contributed by atoms with Crippen molar-refractivity contribution in [3.8, 4) is 6.07 Å². The van der Waals surface area contributed by atoms with Crippen molar-refractivity contribution in [2.24, 2.45) is 5.92 Å². The molecular weight excluding hydrogens is 255 g/mol. The molecule has 1 aromatic heterocycles. The summed E-state index contributed by atoms with van der Waals surface area (Å²) in [6, 6.07) is 6.75. The molecule has 0 aromatic carbocycles. The fraction of sp³-hybridized carbons (Fsp3) is 0.538. The highest BCUT2D eigenvalue weighted by atomic mass is 19.4. The number of nitriles is 1. The van der Waals surface area contributed by atoms with Crippen molar-refractivity contribution < 1.29 is 13.2 Å². The third kappa shape index (κ3) is 4.43. The summed E-state index contributed by atoms with van der Waals surface area (Å²) in [5.74, 6) is 0.913. The molecule has 2 rings (SSSR count). The first-order chi connectivity index (χ1) is 8.98. The number of pyridine rings is 1. The lowest BCUT2D eigenvalue weighted by molar-refractivity contribution is -0.132. The molecule has 19 heavy (non-hydrogen) atoms. The minimum atomic E-state index is -4.17. The summed E-state index contributed by atoms with van der Waals surface area (Å²) in [6.07, 6.45) is -2.92. The smallest absolute Gasteiger partial charge is 0.356 e. The van der Waals surface area contributed by atoms with Crippen molar-refractivity contribution in [3.63, 3.8) is 0 Å². The molecule has 0 amide bonds. The average molecular weight is 269 g/mol. The Morgan fingerprint density at radius 3 is 2.68 bits per heavy atom. The van der Waals surface area contributed by atoms with Crippen molar-refractivity contribution in [2.75, 3.05) is 18.0 Å². The molecule has 0 bridgehead atoms. The van der Waals surface area contributed by atoms with Crippen LogP contribution in [0.15, 0.2) is 18.2 Å². The molecule has 6 heteroatoms. The zero-order valence-electron chi connectivity index (χ0n) is 10.3. The first kappa shape index (κ1) is 13.7. The molecule has 0 spiro atoms. The molecule has 0 radical (unpaired) electrons. The van der Waals surface area contributed by atoms with Crippen LogP contribution in [-0.4, -0.2) is 24.2 Å². The highest BCUT2D eigenvalue weighted by Gasteiger charge is 2.30. The van der Waals surface area contributed by atoms with Crippen molar-refractivity contribution in [2.45, 2.75) is 25.4 Å². The summed E-state index contributed by atoms with van der Waals surface area (Å²) in [5.41, 5.74) is 0.227. The van der Waals surface area contributed by atoms with Gasteiger partial charge in [-0.15, -0.1) is 0 Å². The van der Waals surface area contributed by atoms with Gasteiger partial charge in [-0.3, -0.25) is 0 Å². The summed E-state index contributed by atoms with van der Waals surface area (Å²) < 4.78 is 37.0. The van der Waals surface area contributed by atoms with E-state index in [1.807, 2.05) is 6.07 Å². The molecule has 0 atom stereocenters. The second-order valence-corrected chi connectivity index (χ2v) is 4.75. The average Bonchev–Trinajstić information content (AvgIpc) is 3.17. The first-order valence-corrected chi connectivity index (χ1v) is 6.17. The second-order valence-electron chi connectivity index (χ2n) is 4.75. The second kappa shape index (κ2) is 5.47. The third-order valence-corrected chi connectivity index (χ3v) is 3.01. The number of hydrogen-bond donors (Lipinski definition) is 0. The molecule has 1 aliphatic carbocycles. The van der Waals surface area contributed by atoms with Crippen molar-refractivity contribution in [1.82, 2.24) is 4.98 Å². The lowest BCUT2D eigenvalue weighted by Gasteiger charge is -2.24. The van der Waals surface area contributed by atoms with Gasteiger partial charge in [0, 0.05) is 13.1 Å². The molecule has 0 aliphatic heterocycles. The first-order valence-electron chi connectivity index (χ1n) is 6.17. The molecule has 1 heterocycles. The summed E-state index contributed by atoms with van der Waals surface area (Å²) in [4.78, 5) is 5.70. The van der Waals surface area contributed by atoms with E-state index in [1.54, 1.807) is 23.1 Å². The van der Waals surface area contributed by atoms with Gasteiger partial charge >= 0.3 is 6.18 Å². The lowest BCUT2D eigenvalue weighted by atomic mass is 10.3. The van der Waals surface area contributed by atoms with Crippen LogP contribution in [0.4, 0.5) is 19.0 Å². The van der Waals surface area contributed by atoms with E-state index in [4.69, 9.17) is 5.26 Å². The summed E-state index contributed by atoms with van der Waals surface area (Å²) in [6.45, 7) is 0.472. The fourth-order valence-corrected chi connectivity index (χ4v) is 1.83. The fourth-order valence-electron chi connectivity index (χ4n) is 1.83. The number of hydrogen-bond acceptors (Lipinski definition) is 3. The van der Waals surface area contributed by atoms with Gasteiger partial charge in [0.15, 0.2) is 0 Å². The number of halogens is 3. The third-order valence-electron chi connectivity index (χ3n) is 3.01. The highest BCUT2D eigenvalue weighted by molar-refractivity contribution is 5.41. The van der Waals surface area contributed by atoms with Gasteiger partial charge in [-0.1, -0.05) is 6.07 Å². The van der Waals surface area contributed by atoms with Gasteiger partial charge in [0.1, 0.15) is 17.6 Å². The number of aromatic nitrogens is 1. The van der Waals surface area contributed by atoms with E-state index in [0.717, 1.165) is 12.8 Å². The van der Waals surface area contributed by atoms with Gasteiger partial charge in [-0.25, -0.2) is 4.98 Å². The normalized spacial score (nSPS) is 15.1. The Morgan fingerprint density at radius 2 is 2.11 bits per heavy atom. The molecule has 1 aromatic rings. The van der Waals surface area contributed by atoms with E-state index >= 15 is 0 Å². The van der Waals surface area contributed by atoms with Crippen LogP contribution in [0.3, 0.4) is 0 Å². The summed E-state index contributed by atoms with van der Waals surface area (Å²) in [7, 11) is 0. The predicted octanol–water partition coefficient (Wildman–Crippen LogP) is 3.12. The summed E-state index contributed by atoms with van der Waals surface area (Å²) in [5, 5.41) is 8.79. The molecule has 1 aliphatic rings. The minimum absolute atomic E-state index is 0.109. The maximum atomic E-state index is 12.3. The Labute approximate surface area is 109 Å². The maximum absolute atomic E-state index is 12.3. The van der Waals surface area contributed by atoms with Crippen LogP contribution in [-0.2, 0) is 0 Å². The molecule has 102 valence electrons. The van der Waals surface area contributed by atoms with Crippen LogP contribution in [0.5, 0.6) is 0 Å². The van der Waals surface area contributed by atoms with Crippen molar-refractivity contribution in [1.29, 1.82) is 5.26 Å². The molecule has 0 saturated heterocycles. The van der Waals surface area contributed by atoms with E-state index in [1.165, 1.54) is 0 Å². The Morgan fingerprint density at radius 1 is 1.37 bits per heavy atom. The zero-order chi connectivity index (χ0) is 13.9. The Hall–Kier alpha value is -1.77. The number of anilines is 1. The Balaban J connectivity index is 2.09. The van der Waals surface area contributed by atoms with Crippen LogP contribution in [0, 0.1) is 17.2 Å². The summed E-state index contributed by atoms with van der Waals surface area (Å²) >= 11 is 0. The maximum Gasteiger partial charge on any atom is 0.390 e. The monoisotopic (exact) mass is 269 g/mol. The largest absolute Gasteiger partial charge is 0.390 e. The highest BCUT2D eigenvalue weighted by Crippen LogP contribution is 2.32. The molecule has 1 saturated carbocycles. The van der Waals surface area contributed by atoms with Crippen molar-refractivity contribution >= 4 is 5.82 Å². The van der Waals surface area contributed by atoms with E-state index in [2.05, 4.69) is 4.98 Å². The van der Waals surface area contributed by atoms with E-state index < -0.39 is 12.6 Å². The Bertz CT molecular complexity index is 475. The standard InChI is InChI=1S/C13H14F3N3/c14-13(15,16)6-7-19(9-10-4-5-10)12-3-1-2-11(8-17)18-12/h1-3,10H,4-7,9H2. The zero-order valence-corrected chi connectivity index (χ0v) is 10.3. The molecule has 1 fully saturated rings. The van der Waals surface area contributed by atoms with E-state index in [-0.39, 0.29) is 12.2 Å². The molecule has 0 unspecified atom stereocenters. The van der Waals surface area contributed by atoms with Gasteiger partial charge in [0.2, 0.25) is 0 Å². The van der Waals surface area contributed by atoms with Gasteiger partial charge in [-0.05, 0) is 30.9 Å². The lowest BCUT2D eigenvalue weighted by Crippen LogP contribution is -2.30. The Kier molecular flexibility index (Phi) is 3.93. The topological polar surface area (TPSA) is 39.9 Å². The molecule has 3 nitrogen and oxygen atoms in total. The van der Waals surface area contributed by atoms with Crippen LogP contribution in [0.25, 0.3) is 0 Å². The van der Waals surface area contributed by atoms with E-state index in [0.29, 0.717) is 18.3 Å². The minimum Gasteiger partial charge on any atom is -0.356 e. The van der Waals surface area contributed by atoms with Gasteiger partial charge in [0.25, 0.3) is 0 Å².